The lowest BCUT2D eigenvalue weighted by Gasteiger charge is -2.28. The Morgan fingerprint density at radius 2 is 2.07 bits per heavy atom. The van der Waals surface area contributed by atoms with Gasteiger partial charge in [-0.2, -0.15) is 0 Å². The monoisotopic (exact) mass is 190 g/mol. The third-order valence-electron chi connectivity index (χ3n) is 2.79. The molecule has 0 radical (unpaired) electrons. The maximum Gasteiger partial charge on any atom is 0.0524 e. The smallest absolute Gasteiger partial charge is 0.0524 e. The fourth-order valence-electron chi connectivity index (χ4n) is 2.03. The van der Waals surface area contributed by atoms with Gasteiger partial charge in [-0.05, 0) is 18.4 Å². The highest BCUT2D eigenvalue weighted by Crippen LogP contribution is 2.26. The summed E-state index contributed by atoms with van der Waals surface area (Å²) in [7, 11) is 0. The van der Waals surface area contributed by atoms with Crippen LogP contribution in [0.15, 0.2) is 35.6 Å². The minimum absolute atomic E-state index is 0.475. The average molecular weight is 190 g/mol. The zero-order valence-corrected chi connectivity index (χ0v) is 8.10. The maximum atomic E-state index is 10.4. The number of benzene rings is 1. The van der Waals surface area contributed by atoms with Crippen LogP contribution < -0.4 is 0 Å². The van der Waals surface area contributed by atoms with Gasteiger partial charge in [-0.1, -0.05) is 30.3 Å². The van der Waals surface area contributed by atoms with Crippen LogP contribution in [0.3, 0.4) is 0 Å². The Labute approximate surface area is 83.7 Å². The van der Waals surface area contributed by atoms with E-state index < -0.39 is 0 Å². The SMILES string of the molecule is O=NN1CCC[C@@H](c2ccccc2)C1. The molecule has 0 unspecified atom stereocenters. The van der Waals surface area contributed by atoms with Gasteiger partial charge in [0.1, 0.15) is 0 Å². The fraction of sp³-hybridized carbons (Fsp3) is 0.455. The first-order valence-corrected chi connectivity index (χ1v) is 5.03. The number of piperidine rings is 1. The number of hydrogen-bond acceptors (Lipinski definition) is 2. The number of nitrogens with zero attached hydrogens (tertiary/aromatic N) is 2. The molecule has 0 aliphatic carbocycles. The van der Waals surface area contributed by atoms with Crippen molar-refractivity contribution < 1.29 is 0 Å². The molecule has 0 spiro atoms. The first-order chi connectivity index (χ1) is 6.90. The second kappa shape index (κ2) is 4.22. The minimum atomic E-state index is 0.475. The molecule has 0 bridgehead atoms. The molecule has 1 aliphatic heterocycles. The molecule has 3 heteroatoms. The Morgan fingerprint density at radius 1 is 1.29 bits per heavy atom. The molecule has 1 atom stereocenters. The van der Waals surface area contributed by atoms with Crippen LogP contribution in [0.5, 0.6) is 0 Å². The van der Waals surface area contributed by atoms with Crippen molar-refractivity contribution in [1.82, 2.24) is 5.01 Å². The third kappa shape index (κ3) is 1.92. The first kappa shape index (κ1) is 9.19. The second-order valence-corrected chi connectivity index (χ2v) is 3.74. The normalized spacial score (nSPS) is 22.0. The van der Waals surface area contributed by atoms with Crippen molar-refractivity contribution in [3.8, 4) is 0 Å². The average Bonchev–Trinajstić information content (AvgIpc) is 2.30. The van der Waals surface area contributed by atoms with Crippen molar-refractivity contribution in [2.45, 2.75) is 18.8 Å². The van der Waals surface area contributed by atoms with Gasteiger partial charge in [-0.25, -0.2) is 0 Å². The van der Waals surface area contributed by atoms with E-state index >= 15 is 0 Å². The zero-order valence-electron chi connectivity index (χ0n) is 8.10. The van der Waals surface area contributed by atoms with E-state index in [4.69, 9.17) is 0 Å². The van der Waals surface area contributed by atoms with Gasteiger partial charge in [0.15, 0.2) is 0 Å². The van der Waals surface area contributed by atoms with Crippen LogP contribution in [0.2, 0.25) is 0 Å². The van der Waals surface area contributed by atoms with Crippen molar-refractivity contribution in [2.24, 2.45) is 5.29 Å². The van der Waals surface area contributed by atoms with Crippen LogP contribution in [0.25, 0.3) is 0 Å². The Hall–Kier alpha value is -1.38. The van der Waals surface area contributed by atoms with Crippen LogP contribution in [0, 0.1) is 4.91 Å². The summed E-state index contributed by atoms with van der Waals surface area (Å²) < 4.78 is 0. The van der Waals surface area contributed by atoms with Gasteiger partial charge in [0.2, 0.25) is 0 Å². The van der Waals surface area contributed by atoms with Gasteiger partial charge in [0.05, 0.1) is 5.29 Å². The lowest BCUT2D eigenvalue weighted by atomic mass is 9.91. The Balaban J connectivity index is 2.08. The molecule has 1 heterocycles. The Morgan fingerprint density at radius 3 is 2.79 bits per heavy atom. The quantitative estimate of drug-likeness (QED) is 0.671. The van der Waals surface area contributed by atoms with Crippen LogP contribution in [-0.4, -0.2) is 18.1 Å². The summed E-state index contributed by atoms with van der Waals surface area (Å²) in [6, 6.07) is 10.4. The fourth-order valence-corrected chi connectivity index (χ4v) is 2.03. The minimum Gasteiger partial charge on any atom is -0.260 e. The molecular formula is C11H14N2O. The van der Waals surface area contributed by atoms with E-state index in [1.165, 1.54) is 5.56 Å². The topological polar surface area (TPSA) is 32.7 Å². The molecular weight excluding hydrogens is 176 g/mol. The molecule has 1 aromatic rings. The number of hydrogen-bond donors (Lipinski definition) is 0. The zero-order chi connectivity index (χ0) is 9.80. The molecule has 74 valence electrons. The summed E-state index contributed by atoms with van der Waals surface area (Å²) >= 11 is 0. The van der Waals surface area contributed by atoms with Crippen molar-refractivity contribution in [3.63, 3.8) is 0 Å². The second-order valence-electron chi connectivity index (χ2n) is 3.74. The van der Waals surface area contributed by atoms with E-state index in [2.05, 4.69) is 17.4 Å². The lowest BCUT2D eigenvalue weighted by molar-refractivity contribution is 0.213. The highest BCUT2D eigenvalue weighted by Gasteiger charge is 2.20. The van der Waals surface area contributed by atoms with Crippen LogP contribution in [0.4, 0.5) is 0 Å². The standard InChI is InChI=1S/C11H14N2O/c14-12-13-8-4-7-11(9-13)10-5-2-1-3-6-10/h1-3,5-6,11H,4,7-9H2/t11-/m1/s1. The van der Waals surface area contributed by atoms with Gasteiger partial charge in [-0.3, -0.25) is 5.01 Å². The lowest BCUT2D eigenvalue weighted by Crippen LogP contribution is -2.29. The number of rotatable bonds is 2. The highest BCUT2D eigenvalue weighted by molar-refractivity contribution is 5.20. The summed E-state index contributed by atoms with van der Waals surface area (Å²) in [5.41, 5.74) is 1.32. The molecule has 14 heavy (non-hydrogen) atoms. The third-order valence-corrected chi connectivity index (χ3v) is 2.79. The van der Waals surface area contributed by atoms with Gasteiger partial charge in [-0.15, -0.1) is 4.91 Å². The van der Waals surface area contributed by atoms with Gasteiger partial charge in [0, 0.05) is 19.0 Å². The number of nitroso groups, excluding NO2 is 1. The molecule has 2 rings (SSSR count). The van der Waals surface area contributed by atoms with Gasteiger partial charge in [0.25, 0.3) is 0 Å². The highest BCUT2D eigenvalue weighted by atomic mass is 16.3. The van der Waals surface area contributed by atoms with Crippen LogP contribution >= 0.6 is 0 Å². The molecule has 0 N–H and O–H groups in total. The van der Waals surface area contributed by atoms with Crippen LogP contribution in [-0.2, 0) is 0 Å². The Bertz CT molecular complexity index is 299. The van der Waals surface area contributed by atoms with Crippen LogP contribution in [0.1, 0.15) is 24.3 Å². The summed E-state index contributed by atoms with van der Waals surface area (Å²) in [6.45, 7) is 1.58. The summed E-state index contributed by atoms with van der Waals surface area (Å²) in [6.07, 6.45) is 2.22. The molecule has 3 nitrogen and oxygen atoms in total. The van der Waals surface area contributed by atoms with E-state index in [-0.39, 0.29) is 0 Å². The van der Waals surface area contributed by atoms with E-state index in [1.54, 1.807) is 5.01 Å². The van der Waals surface area contributed by atoms with Crippen molar-refractivity contribution in [2.75, 3.05) is 13.1 Å². The van der Waals surface area contributed by atoms with E-state index in [9.17, 15) is 4.91 Å². The molecule has 0 aromatic heterocycles. The van der Waals surface area contributed by atoms with E-state index in [0.29, 0.717) is 5.92 Å². The molecule has 1 aliphatic rings. The van der Waals surface area contributed by atoms with Crippen molar-refractivity contribution >= 4 is 0 Å². The van der Waals surface area contributed by atoms with Gasteiger partial charge < -0.3 is 0 Å². The van der Waals surface area contributed by atoms with E-state index in [0.717, 1.165) is 25.9 Å². The predicted molar refractivity (Wildman–Crippen MR) is 55.8 cm³/mol. The van der Waals surface area contributed by atoms with E-state index in [1.807, 2.05) is 18.2 Å². The molecule has 0 amide bonds. The molecule has 1 fully saturated rings. The summed E-state index contributed by atoms with van der Waals surface area (Å²) in [5.74, 6) is 0.475. The largest absolute Gasteiger partial charge is 0.260 e. The maximum absolute atomic E-state index is 10.4. The van der Waals surface area contributed by atoms with Crippen molar-refractivity contribution in [1.29, 1.82) is 0 Å². The summed E-state index contributed by atoms with van der Waals surface area (Å²) in [4.78, 5) is 10.4. The molecule has 1 saturated heterocycles. The predicted octanol–water partition coefficient (Wildman–Crippen LogP) is 2.55. The van der Waals surface area contributed by atoms with Crippen molar-refractivity contribution in [3.05, 3.63) is 40.8 Å². The molecule has 0 saturated carbocycles. The Kier molecular flexibility index (Phi) is 2.77. The first-order valence-electron chi connectivity index (χ1n) is 5.03. The summed E-state index contributed by atoms with van der Waals surface area (Å²) in [5, 5.41) is 4.63. The van der Waals surface area contributed by atoms with Gasteiger partial charge >= 0.3 is 0 Å². The molecule has 1 aromatic carbocycles.